The second kappa shape index (κ2) is 9.35. The first-order valence-corrected chi connectivity index (χ1v) is 13.9. The molecule has 0 N–H and O–H groups in total. The highest BCUT2D eigenvalue weighted by molar-refractivity contribution is 7.20. The molecule has 0 aliphatic carbocycles. The number of nitriles is 3. The predicted molar refractivity (Wildman–Crippen MR) is 149 cm³/mol. The fraction of sp³-hybridized carbons (Fsp3) is 0. The largest absolute Gasteiger partial charge is 0.206 e. The van der Waals surface area contributed by atoms with Crippen LogP contribution in [0.4, 0.5) is 35.1 Å². The van der Waals surface area contributed by atoms with Gasteiger partial charge in [0.2, 0.25) is 0 Å². The van der Waals surface area contributed by atoms with E-state index in [0.717, 1.165) is 34.8 Å². The summed E-state index contributed by atoms with van der Waals surface area (Å²) in [5.41, 5.74) is -2.67. The third-order valence-electron chi connectivity index (χ3n) is 7.53. The van der Waals surface area contributed by atoms with E-state index in [-0.39, 0.29) is 47.1 Å². The molecule has 5 aromatic carbocycles. The summed E-state index contributed by atoms with van der Waals surface area (Å²) in [4.78, 5) is 0. The molecule has 0 unspecified atom stereocenters. The molecule has 7 aromatic rings. The first-order chi connectivity index (χ1) is 21.1. The smallest absolute Gasteiger partial charge is 0.198 e. The Morgan fingerprint density at radius 1 is 0.568 bits per heavy atom. The van der Waals surface area contributed by atoms with Crippen LogP contribution in [0.5, 0.6) is 0 Å². The van der Waals surface area contributed by atoms with E-state index >= 15 is 17.6 Å². The van der Waals surface area contributed by atoms with Gasteiger partial charge in [0.25, 0.3) is 0 Å². The lowest BCUT2D eigenvalue weighted by molar-refractivity contribution is 0.412. The van der Waals surface area contributed by atoms with Crippen molar-refractivity contribution in [2.24, 2.45) is 0 Å². The van der Waals surface area contributed by atoms with Crippen LogP contribution in [-0.4, -0.2) is 0 Å². The maximum absolute atomic E-state index is 16.4. The van der Waals surface area contributed by atoms with E-state index in [0.29, 0.717) is 5.39 Å². The summed E-state index contributed by atoms with van der Waals surface area (Å²) in [6.45, 7) is 0. The van der Waals surface area contributed by atoms with Crippen LogP contribution in [0.15, 0.2) is 29.0 Å². The number of benzene rings is 5. The van der Waals surface area contributed by atoms with Crippen molar-refractivity contribution in [2.75, 3.05) is 0 Å². The lowest BCUT2D eigenvalue weighted by atomic mass is 9.86. The lowest BCUT2D eigenvalue weighted by Gasteiger charge is -2.18. The van der Waals surface area contributed by atoms with Gasteiger partial charge in [0.05, 0.1) is 21.9 Å². The van der Waals surface area contributed by atoms with Gasteiger partial charge >= 0.3 is 0 Å². The van der Waals surface area contributed by atoms with Crippen molar-refractivity contribution in [3.8, 4) is 29.3 Å². The molecular weight excluding hydrogens is 630 g/mol. The van der Waals surface area contributed by atoms with E-state index in [1.807, 2.05) is 12.1 Å². The van der Waals surface area contributed by atoms with Gasteiger partial charge in [0.15, 0.2) is 34.9 Å². The van der Waals surface area contributed by atoms with Crippen molar-refractivity contribution < 1.29 is 35.1 Å². The molecule has 2 aromatic heterocycles. The van der Waals surface area contributed by atoms with Crippen LogP contribution in [-0.2, 0) is 0 Å². The Hall–Kier alpha value is -5.29. The molecule has 0 radical (unpaired) electrons. The molecule has 3 nitrogen and oxygen atoms in total. The van der Waals surface area contributed by atoms with E-state index < -0.39 is 74.0 Å². The van der Waals surface area contributed by atoms with Crippen molar-refractivity contribution in [1.29, 1.82) is 15.8 Å². The van der Waals surface area contributed by atoms with Crippen molar-refractivity contribution in [2.45, 2.75) is 0 Å². The molecule has 0 saturated carbocycles. The van der Waals surface area contributed by atoms with E-state index in [9.17, 15) is 33.3 Å². The Balaban J connectivity index is 1.88. The highest BCUT2D eigenvalue weighted by Gasteiger charge is 2.33. The Morgan fingerprint density at radius 3 is 1.84 bits per heavy atom. The molecule has 7 rings (SSSR count). The summed E-state index contributed by atoms with van der Waals surface area (Å²) in [6.07, 6.45) is 0. The summed E-state index contributed by atoms with van der Waals surface area (Å²) in [5.74, 6) is -17.1. The highest BCUT2D eigenvalue weighted by Crippen LogP contribution is 2.50. The monoisotopic (exact) mass is 635 g/mol. The molecule has 0 amide bonds. The topological polar surface area (TPSA) is 71.4 Å². The van der Waals surface area contributed by atoms with Crippen molar-refractivity contribution in [1.82, 2.24) is 0 Å². The van der Waals surface area contributed by atoms with E-state index in [4.69, 9.17) is 0 Å². The Labute approximate surface area is 246 Å². The van der Waals surface area contributed by atoms with E-state index in [2.05, 4.69) is 0 Å². The summed E-state index contributed by atoms with van der Waals surface area (Å²) in [6, 6.07) is 8.66. The third-order valence-corrected chi connectivity index (χ3v) is 9.46. The minimum absolute atomic E-state index is 0.0307. The minimum atomic E-state index is -2.48. The van der Waals surface area contributed by atoms with Crippen LogP contribution in [0.2, 0.25) is 0 Å². The summed E-state index contributed by atoms with van der Waals surface area (Å²) >= 11 is 2.02. The fourth-order valence-corrected chi connectivity index (χ4v) is 7.83. The maximum Gasteiger partial charge on any atom is 0.198 e. The zero-order valence-corrected chi connectivity index (χ0v) is 22.7. The molecule has 2 heterocycles. The maximum atomic E-state index is 16.4. The van der Waals surface area contributed by atoms with Crippen LogP contribution in [0.25, 0.3) is 69.2 Å². The van der Waals surface area contributed by atoms with Crippen LogP contribution in [0, 0.1) is 80.5 Å². The van der Waals surface area contributed by atoms with E-state index in [1.165, 1.54) is 11.4 Å². The number of hydrogen-bond donors (Lipinski definition) is 0. The molecule has 44 heavy (non-hydrogen) atoms. The predicted octanol–water partition coefficient (Wildman–Crippen LogP) is 9.14. The Bertz CT molecular complexity index is 2670. The molecule has 13 heteroatoms. The minimum Gasteiger partial charge on any atom is -0.206 e. The quantitative estimate of drug-likeness (QED) is 0.0782. The van der Waals surface area contributed by atoms with Crippen LogP contribution < -0.4 is 5.22 Å². The summed E-state index contributed by atoms with van der Waals surface area (Å²) in [5, 5.41) is 29.2. The average molecular weight is 636 g/mol. The molecule has 212 valence electrons. The number of hydrogen-bond acceptors (Lipinski definition) is 5. The standard InChI is InChI=1S/C31H5F8N3S2/c32-15-4-13-12(3-9(15)5-40)14-8-44-31-16(10(6-41)7-42)11-1-2-43-30(11)19(18(14)31)17(13)20-23(33)21-22(25(35)24(20)34)27(37)29(39)28(38)26(21)36/h1-4,8H. The SMILES string of the molecule is N#CC(C#N)=c1c2ccsc2c2c(-c3c(F)c(F)c4c(F)c(F)c(F)c(F)c4c3F)c3cc(F)c(C#N)cc3c3csc1c32. The van der Waals surface area contributed by atoms with Crippen molar-refractivity contribution in [3.63, 3.8) is 0 Å². The lowest BCUT2D eigenvalue weighted by Crippen LogP contribution is -2.08. The molecule has 0 fully saturated rings. The zero-order valence-electron chi connectivity index (χ0n) is 21.1. The Morgan fingerprint density at radius 2 is 1.20 bits per heavy atom. The number of rotatable bonds is 1. The summed E-state index contributed by atoms with van der Waals surface area (Å²) in [7, 11) is 0. The second-order valence-corrected chi connectivity index (χ2v) is 11.3. The van der Waals surface area contributed by atoms with Crippen LogP contribution in [0.1, 0.15) is 5.56 Å². The number of nitrogens with zero attached hydrogens (tertiary/aromatic N) is 3. The average Bonchev–Trinajstić information content (AvgIpc) is 3.68. The van der Waals surface area contributed by atoms with Gasteiger partial charge in [-0.05, 0) is 39.7 Å². The molecule has 0 saturated heterocycles. The molecule has 0 spiro atoms. The first-order valence-electron chi connectivity index (χ1n) is 12.1. The first kappa shape index (κ1) is 27.5. The molecule has 0 aliphatic rings. The fourth-order valence-electron chi connectivity index (χ4n) is 5.73. The van der Waals surface area contributed by atoms with Gasteiger partial charge in [-0.25, -0.2) is 35.1 Å². The van der Waals surface area contributed by atoms with Gasteiger partial charge < -0.3 is 0 Å². The number of thiophene rings is 2. The van der Waals surface area contributed by atoms with Gasteiger partial charge in [0, 0.05) is 41.7 Å². The third kappa shape index (κ3) is 3.27. The molecule has 0 atom stereocenters. The van der Waals surface area contributed by atoms with Gasteiger partial charge in [-0.2, -0.15) is 15.8 Å². The molecule has 0 bridgehead atoms. The van der Waals surface area contributed by atoms with Gasteiger partial charge in [-0.15, -0.1) is 22.7 Å². The van der Waals surface area contributed by atoms with Crippen LogP contribution >= 0.6 is 22.7 Å². The molecule has 0 aliphatic heterocycles. The normalized spacial score (nSPS) is 11.6. The number of fused-ring (bicyclic) bond motifs is 5. The van der Waals surface area contributed by atoms with E-state index in [1.54, 1.807) is 11.4 Å². The highest BCUT2D eigenvalue weighted by atomic mass is 32.1. The van der Waals surface area contributed by atoms with Crippen molar-refractivity contribution in [3.05, 3.63) is 86.3 Å². The Kier molecular flexibility index (Phi) is 5.85. The van der Waals surface area contributed by atoms with Crippen molar-refractivity contribution >= 4 is 80.7 Å². The second-order valence-electron chi connectivity index (χ2n) is 9.55. The van der Waals surface area contributed by atoms with Gasteiger partial charge in [-0.3, -0.25) is 0 Å². The van der Waals surface area contributed by atoms with Crippen LogP contribution in [0.3, 0.4) is 0 Å². The summed E-state index contributed by atoms with van der Waals surface area (Å²) < 4.78 is 121. The molecular formula is C31H5F8N3S2. The van der Waals surface area contributed by atoms with Gasteiger partial charge in [0.1, 0.15) is 35.4 Å². The number of halogens is 8. The zero-order chi connectivity index (χ0) is 31.4. The van der Waals surface area contributed by atoms with Gasteiger partial charge in [-0.1, -0.05) is 0 Å².